The number of carboxylic acid groups (broad SMARTS) is 3. The van der Waals surface area contributed by atoms with Crippen LogP contribution in [0.4, 0.5) is 0 Å². The van der Waals surface area contributed by atoms with Gasteiger partial charge in [-0.15, -0.1) is 0 Å². The van der Waals surface area contributed by atoms with Crippen molar-refractivity contribution < 1.29 is 59.1 Å². The zero-order valence-electron chi connectivity index (χ0n) is 16.2. The molecule has 0 spiro atoms. The first-order chi connectivity index (χ1) is 12.5. The molecule has 0 aromatic heterocycles. The molecule has 0 fully saturated rings. The van der Waals surface area contributed by atoms with Crippen molar-refractivity contribution in [3.05, 3.63) is 24.0 Å². The Hall–Kier alpha value is -2.96. The summed E-state index contributed by atoms with van der Waals surface area (Å²) in [5.74, 6) is -5.90. The lowest BCUT2D eigenvalue weighted by molar-refractivity contribution is -0.513. The molecule has 3 N–H and O–H groups in total. The molecule has 0 aromatic carbocycles. The molecule has 0 rings (SSSR count). The van der Waals surface area contributed by atoms with Crippen LogP contribution in [0.3, 0.4) is 0 Å². The highest BCUT2D eigenvalue weighted by molar-refractivity contribution is 5.92. The monoisotopic (exact) mass is 408 g/mol. The summed E-state index contributed by atoms with van der Waals surface area (Å²) in [5, 5.41) is 29.0. The van der Waals surface area contributed by atoms with Crippen LogP contribution in [0, 0.1) is 0 Å². The van der Waals surface area contributed by atoms with Gasteiger partial charge in [-0.1, -0.05) is 0 Å². The Kier molecular flexibility index (Phi) is 12.1. The fourth-order valence-corrected chi connectivity index (χ4v) is 0.723. The van der Waals surface area contributed by atoms with Crippen LogP contribution >= 0.6 is 0 Å². The first-order valence-electron chi connectivity index (χ1n) is 7.54. The maximum atomic E-state index is 10.7. The molecule has 0 aliphatic rings. The van der Waals surface area contributed by atoms with Crippen molar-refractivity contribution in [3.63, 3.8) is 0 Å². The van der Waals surface area contributed by atoms with Gasteiger partial charge in [0.2, 0.25) is 0 Å². The van der Waals surface area contributed by atoms with Crippen LogP contribution < -0.4 is 0 Å². The summed E-state index contributed by atoms with van der Waals surface area (Å²) in [7, 11) is 0. The molecule has 0 aliphatic heterocycles. The molecule has 160 valence electrons. The third kappa shape index (κ3) is 21.1. The predicted molar refractivity (Wildman–Crippen MR) is 90.1 cm³/mol. The quantitative estimate of drug-likeness (QED) is 0.229. The third-order valence-corrected chi connectivity index (χ3v) is 1.61. The number of carboxylic acids is 3. The maximum absolute atomic E-state index is 10.7. The van der Waals surface area contributed by atoms with Gasteiger partial charge in [-0.2, -0.15) is 9.78 Å². The Morgan fingerprint density at radius 3 is 1.57 bits per heavy atom. The average Bonchev–Trinajstić information content (AvgIpc) is 2.47. The number of rotatable bonds is 8. The molecule has 0 radical (unpaired) electrons. The fraction of sp³-hybridized carbons (Fsp3) is 0.500. The summed E-state index contributed by atoms with van der Waals surface area (Å²) in [4.78, 5) is 58.8. The lowest BCUT2D eigenvalue weighted by Gasteiger charge is -2.17. The minimum atomic E-state index is -1.50. The number of hydrogen-bond acceptors (Lipinski definition) is 9. The summed E-state index contributed by atoms with van der Waals surface area (Å²) in [6, 6.07) is 0. The second kappa shape index (κ2) is 12.4. The molecule has 0 amide bonds. The molecule has 0 saturated heterocycles. The van der Waals surface area contributed by atoms with Gasteiger partial charge in [0, 0.05) is 12.2 Å². The van der Waals surface area contributed by atoms with Crippen LogP contribution in [0.15, 0.2) is 24.0 Å². The Morgan fingerprint density at radius 1 is 0.714 bits per heavy atom. The van der Waals surface area contributed by atoms with E-state index in [1.807, 2.05) is 0 Å². The van der Waals surface area contributed by atoms with Gasteiger partial charge in [-0.25, -0.2) is 19.2 Å². The Labute approximate surface area is 160 Å². The van der Waals surface area contributed by atoms with Crippen molar-refractivity contribution >= 4 is 23.9 Å². The number of aliphatic carboxylic acids is 3. The van der Waals surface area contributed by atoms with E-state index in [0.717, 1.165) is 0 Å². The van der Waals surface area contributed by atoms with E-state index >= 15 is 0 Å². The Morgan fingerprint density at radius 2 is 1.21 bits per heavy atom. The minimum Gasteiger partial charge on any atom is -0.478 e. The first kappa shape index (κ1) is 27.3. The highest BCUT2D eigenvalue weighted by Crippen LogP contribution is 2.11. The zero-order chi connectivity index (χ0) is 22.5. The smallest absolute Gasteiger partial charge is 0.375 e. The molecular weight excluding hydrogens is 384 g/mol. The molecule has 0 bridgehead atoms. The van der Waals surface area contributed by atoms with Crippen LogP contribution in [-0.4, -0.2) is 50.4 Å². The van der Waals surface area contributed by atoms with Gasteiger partial charge in [-0.05, 0) is 46.6 Å². The SMILES string of the molecule is CC(C)(C)OO/C(=C/C(=O)O)C(=O)O.CC(C)(C)OOOC(=O)/C=C\C(=O)O. The number of carbonyl (C=O) groups excluding carboxylic acids is 1. The van der Waals surface area contributed by atoms with E-state index in [9.17, 15) is 19.2 Å². The van der Waals surface area contributed by atoms with E-state index < -0.39 is 40.8 Å². The first-order valence-corrected chi connectivity index (χ1v) is 7.54. The van der Waals surface area contributed by atoms with Crippen LogP contribution in [0.2, 0.25) is 0 Å². The highest BCUT2D eigenvalue weighted by atomic mass is 17.5. The Bertz CT molecular complexity index is 602. The van der Waals surface area contributed by atoms with Crippen molar-refractivity contribution in [3.8, 4) is 0 Å². The molecule has 0 heterocycles. The predicted octanol–water partition coefficient (Wildman–Crippen LogP) is 1.62. The minimum absolute atomic E-state index is 0.411. The number of hydrogen-bond donors (Lipinski definition) is 3. The van der Waals surface area contributed by atoms with Crippen molar-refractivity contribution in [2.75, 3.05) is 0 Å². The standard InChI is InChI=1S/2C8H12O6/c1-8(2,3)13-14-12-7(11)5-4-6(9)10;1-8(2,3)14-13-5(7(11)12)4-6(9)10/h4-5H,1-3H3,(H,9,10);4H,1-3H3,(H,9,10)(H,11,12)/b5-4-;5-4+. The van der Waals surface area contributed by atoms with Crippen molar-refractivity contribution in [1.29, 1.82) is 0 Å². The maximum Gasteiger partial charge on any atom is 0.375 e. The van der Waals surface area contributed by atoms with Crippen molar-refractivity contribution in [2.45, 2.75) is 52.7 Å². The summed E-state index contributed by atoms with van der Waals surface area (Å²) < 4.78 is 0. The van der Waals surface area contributed by atoms with Gasteiger partial charge in [-0.3, -0.25) is 4.89 Å². The molecule has 0 aromatic rings. The number of carbonyl (C=O) groups is 4. The van der Waals surface area contributed by atoms with E-state index in [1.54, 1.807) is 41.5 Å². The van der Waals surface area contributed by atoms with E-state index in [4.69, 9.17) is 15.3 Å². The summed E-state index contributed by atoms with van der Waals surface area (Å²) in [6.45, 7) is 9.96. The molecular formula is C16H24O12. The second-order valence-corrected chi connectivity index (χ2v) is 6.77. The van der Waals surface area contributed by atoms with Crippen molar-refractivity contribution in [1.82, 2.24) is 0 Å². The fourth-order valence-electron chi connectivity index (χ4n) is 0.723. The second-order valence-electron chi connectivity index (χ2n) is 6.77. The van der Waals surface area contributed by atoms with Crippen LogP contribution in [-0.2, 0) is 43.8 Å². The van der Waals surface area contributed by atoms with Gasteiger partial charge >= 0.3 is 23.9 Å². The molecule has 28 heavy (non-hydrogen) atoms. The molecule has 0 unspecified atom stereocenters. The lowest BCUT2D eigenvalue weighted by atomic mass is 10.2. The molecule has 12 nitrogen and oxygen atoms in total. The van der Waals surface area contributed by atoms with Crippen molar-refractivity contribution in [2.24, 2.45) is 0 Å². The summed E-state index contributed by atoms with van der Waals surface area (Å²) in [6.07, 6.45) is 1.74. The molecule has 12 heteroatoms. The highest BCUT2D eigenvalue weighted by Gasteiger charge is 2.18. The topological polar surface area (TPSA) is 175 Å². The van der Waals surface area contributed by atoms with Gasteiger partial charge in [0.05, 0.1) is 11.7 Å². The van der Waals surface area contributed by atoms with E-state index in [-0.39, 0.29) is 0 Å². The van der Waals surface area contributed by atoms with E-state index in [2.05, 4.69) is 24.6 Å². The normalized spacial score (nSPS) is 12.0. The largest absolute Gasteiger partial charge is 0.478 e. The average molecular weight is 408 g/mol. The molecule has 0 aliphatic carbocycles. The van der Waals surface area contributed by atoms with Gasteiger partial charge in [0.25, 0.3) is 5.76 Å². The molecule has 0 saturated carbocycles. The van der Waals surface area contributed by atoms with Gasteiger partial charge in [0.1, 0.15) is 5.60 Å². The zero-order valence-corrected chi connectivity index (χ0v) is 16.2. The van der Waals surface area contributed by atoms with Crippen LogP contribution in [0.5, 0.6) is 0 Å². The van der Waals surface area contributed by atoms with E-state index in [0.29, 0.717) is 18.2 Å². The van der Waals surface area contributed by atoms with Gasteiger partial charge < -0.3 is 20.2 Å². The van der Waals surface area contributed by atoms with Crippen LogP contribution in [0.1, 0.15) is 41.5 Å². The molecule has 0 atom stereocenters. The van der Waals surface area contributed by atoms with E-state index in [1.165, 1.54) is 0 Å². The lowest BCUT2D eigenvalue weighted by Crippen LogP contribution is -2.21. The van der Waals surface area contributed by atoms with Crippen LogP contribution in [0.25, 0.3) is 0 Å². The summed E-state index contributed by atoms with van der Waals surface area (Å²) >= 11 is 0. The van der Waals surface area contributed by atoms with Gasteiger partial charge in [0.15, 0.2) is 0 Å². The summed E-state index contributed by atoms with van der Waals surface area (Å²) in [5.41, 5.74) is -1.33. The Balaban J connectivity index is 0. The third-order valence-electron chi connectivity index (χ3n) is 1.61.